The van der Waals surface area contributed by atoms with Crippen molar-refractivity contribution >= 4 is 23.5 Å². The average Bonchev–Trinajstić information content (AvgIpc) is 3.29. The van der Waals surface area contributed by atoms with Gasteiger partial charge < -0.3 is 14.7 Å². The molecule has 33 heavy (non-hydrogen) atoms. The standard InChI is InChI=1S/C26H21ClN2O4/c1-33-23-14-16(15-28)13-19(17-7-3-2-4-8-17)24(23)25(30)29-21(11-12-22(29)26(31)32)18-9-5-6-10-20(18)27/h2-10,13-14,21-22H,11-12H2,1H3,(H,31,32). The average molecular weight is 461 g/mol. The van der Waals surface area contributed by atoms with Gasteiger partial charge in [-0.1, -0.05) is 60.1 Å². The van der Waals surface area contributed by atoms with Crippen molar-refractivity contribution in [2.45, 2.75) is 24.9 Å². The van der Waals surface area contributed by atoms with Crippen molar-refractivity contribution in [3.8, 4) is 22.9 Å². The molecule has 0 spiro atoms. The van der Waals surface area contributed by atoms with Gasteiger partial charge in [-0.15, -0.1) is 0 Å². The molecule has 4 rings (SSSR count). The maximum absolute atomic E-state index is 14.1. The summed E-state index contributed by atoms with van der Waals surface area (Å²) in [6, 6.07) is 20.0. The molecule has 6 nitrogen and oxygen atoms in total. The van der Waals surface area contributed by atoms with E-state index in [1.807, 2.05) is 42.5 Å². The van der Waals surface area contributed by atoms with Gasteiger partial charge in [0.05, 0.1) is 30.3 Å². The molecule has 1 aliphatic heterocycles. The predicted octanol–water partition coefficient (Wildman–Crippen LogP) is 5.32. The van der Waals surface area contributed by atoms with Crippen LogP contribution in [0.3, 0.4) is 0 Å². The Morgan fingerprint density at radius 1 is 1.09 bits per heavy atom. The van der Waals surface area contributed by atoms with E-state index in [1.165, 1.54) is 18.1 Å². The first kappa shape index (κ1) is 22.4. The number of nitrogens with zero attached hydrogens (tertiary/aromatic N) is 2. The number of halogens is 1. The van der Waals surface area contributed by atoms with Crippen molar-refractivity contribution in [1.82, 2.24) is 4.90 Å². The minimum atomic E-state index is -1.08. The molecule has 1 amide bonds. The molecule has 0 bridgehead atoms. The number of amides is 1. The molecule has 166 valence electrons. The van der Waals surface area contributed by atoms with Crippen molar-refractivity contribution in [3.05, 3.63) is 88.4 Å². The summed E-state index contributed by atoms with van der Waals surface area (Å²) >= 11 is 6.43. The zero-order valence-electron chi connectivity index (χ0n) is 17.9. The Labute approximate surface area is 196 Å². The highest BCUT2D eigenvalue weighted by atomic mass is 35.5. The molecular formula is C26H21ClN2O4. The molecule has 1 N–H and O–H groups in total. The summed E-state index contributed by atoms with van der Waals surface area (Å²) in [7, 11) is 1.42. The minimum absolute atomic E-state index is 0.215. The number of rotatable bonds is 5. The van der Waals surface area contributed by atoms with Crippen molar-refractivity contribution in [3.63, 3.8) is 0 Å². The van der Waals surface area contributed by atoms with Crippen LogP contribution in [0.5, 0.6) is 5.75 Å². The Hall–Kier alpha value is -3.82. The predicted molar refractivity (Wildman–Crippen MR) is 124 cm³/mol. The van der Waals surface area contributed by atoms with Gasteiger partial charge in [-0.25, -0.2) is 4.79 Å². The third-order valence-corrected chi connectivity index (χ3v) is 6.26. The van der Waals surface area contributed by atoms with Gasteiger partial charge in [-0.2, -0.15) is 5.26 Å². The highest BCUT2D eigenvalue weighted by Gasteiger charge is 2.44. The molecule has 3 aromatic carbocycles. The monoisotopic (exact) mass is 460 g/mol. The summed E-state index contributed by atoms with van der Waals surface area (Å²) in [6.07, 6.45) is 0.766. The highest BCUT2D eigenvalue weighted by molar-refractivity contribution is 6.31. The molecule has 2 atom stereocenters. The summed E-state index contributed by atoms with van der Waals surface area (Å²) < 4.78 is 5.52. The van der Waals surface area contributed by atoms with E-state index < -0.39 is 24.0 Å². The number of aliphatic carboxylic acids is 1. The van der Waals surface area contributed by atoms with Crippen molar-refractivity contribution in [2.24, 2.45) is 0 Å². The molecular weight excluding hydrogens is 440 g/mol. The van der Waals surface area contributed by atoms with E-state index >= 15 is 0 Å². The van der Waals surface area contributed by atoms with Gasteiger partial charge in [0.25, 0.3) is 5.91 Å². The van der Waals surface area contributed by atoms with Crippen LogP contribution in [0.4, 0.5) is 0 Å². The number of ether oxygens (including phenoxy) is 1. The smallest absolute Gasteiger partial charge is 0.326 e. The Balaban J connectivity index is 1.92. The first-order chi connectivity index (χ1) is 16.0. The van der Waals surface area contributed by atoms with E-state index in [4.69, 9.17) is 16.3 Å². The molecule has 0 aromatic heterocycles. The second-order valence-electron chi connectivity index (χ2n) is 7.76. The Bertz CT molecular complexity index is 1250. The quantitative estimate of drug-likeness (QED) is 0.556. The molecule has 1 saturated heterocycles. The Kier molecular flexibility index (Phi) is 6.34. The number of benzene rings is 3. The number of hydrogen-bond donors (Lipinski definition) is 1. The molecule has 1 heterocycles. The van der Waals surface area contributed by atoms with E-state index in [0.29, 0.717) is 34.6 Å². The van der Waals surface area contributed by atoms with Gasteiger partial charge in [-0.05, 0) is 47.7 Å². The minimum Gasteiger partial charge on any atom is -0.496 e. The molecule has 0 aliphatic carbocycles. The van der Waals surface area contributed by atoms with Gasteiger partial charge in [0, 0.05) is 5.02 Å². The van der Waals surface area contributed by atoms with Crippen LogP contribution in [0.1, 0.15) is 40.4 Å². The lowest BCUT2D eigenvalue weighted by Gasteiger charge is -2.30. The lowest BCUT2D eigenvalue weighted by Crippen LogP contribution is -2.42. The second-order valence-corrected chi connectivity index (χ2v) is 8.17. The molecule has 1 aliphatic rings. The second kappa shape index (κ2) is 9.35. The first-order valence-electron chi connectivity index (χ1n) is 10.4. The van der Waals surface area contributed by atoms with Crippen LogP contribution >= 0.6 is 11.6 Å². The fraction of sp³-hybridized carbons (Fsp3) is 0.192. The normalized spacial score (nSPS) is 17.4. The van der Waals surface area contributed by atoms with Crippen LogP contribution in [-0.2, 0) is 4.79 Å². The number of carbonyl (C=O) groups is 2. The number of nitriles is 1. The maximum Gasteiger partial charge on any atom is 0.326 e. The number of methoxy groups -OCH3 is 1. The fourth-order valence-electron chi connectivity index (χ4n) is 4.42. The van der Waals surface area contributed by atoms with Crippen LogP contribution in [0.25, 0.3) is 11.1 Å². The van der Waals surface area contributed by atoms with E-state index in [9.17, 15) is 20.0 Å². The summed E-state index contributed by atoms with van der Waals surface area (Å²) in [5, 5.41) is 19.9. The van der Waals surface area contributed by atoms with Crippen molar-refractivity contribution in [1.29, 1.82) is 5.26 Å². The van der Waals surface area contributed by atoms with Crippen molar-refractivity contribution in [2.75, 3.05) is 7.11 Å². The van der Waals surface area contributed by atoms with Crippen molar-refractivity contribution < 1.29 is 19.4 Å². The summed E-state index contributed by atoms with van der Waals surface area (Å²) in [5.41, 5.74) is 2.47. The number of carboxylic acids is 1. The molecule has 2 unspecified atom stereocenters. The van der Waals surface area contributed by atoms with Crippen LogP contribution in [0.15, 0.2) is 66.7 Å². The fourth-order valence-corrected chi connectivity index (χ4v) is 4.69. The molecule has 1 fully saturated rings. The van der Waals surface area contributed by atoms with E-state index in [-0.39, 0.29) is 11.3 Å². The number of hydrogen-bond acceptors (Lipinski definition) is 4. The van der Waals surface area contributed by atoms with Gasteiger partial charge in [0.1, 0.15) is 11.8 Å². The summed E-state index contributed by atoms with van der Waals surface area (Å²) in [6.45, 7) is 0. The highest BCUT2D eigenvalue weighted by Crippen LogP contribution is 2.43. The van der Waals surface area contributed by atoms with E-state index in [0.717, 1.165) is 5.56 Å². The zero-order valence-corrected chi connectivity index (χ0v) is 18.6. The molecule has 7 heteroatoms. The third-order valence-electron chi connectivity index (χ3n) is 5.92. The third kappa shape index (κ3) is 4.15. The largest absolute Gasteiger partial charge is 0.496 e. The van der Waals surface area contributed by atoms with Gasteiger partial charge in [-0.3, -0.25) is 4.79 Å². The topological polar surface area (TPSA) is 90.6 Å². The Morgan fingerprint density at radius 2 is 1.79 bits per heavy atom. The van der Waals surface area contributed by atoms with Crippen LogP contribution in [0.2, 0.25) is 5.02 Å². The van der Waals surface area contributed by atoms with E-state index in [2.05, 4.69) is 6.07 Å². The molecule has 0 saturated carbocycles. The first-order valence-corrected chi connectivity index (χ1v) is 10.8. The number of carbonyl (C=O) groups excluding carboxylic acids is 1. The number of likely N-dealkylation sites (tertiary alicyclic amines) is 1. The van der Waals surface area contributed by atoms with E-state index in [1.54, 1.807) is 18.2 Å². The molecule has 3 aromatic rings. The van der Waals surface area contributed by atoms with Gasteiger partial charge in [0.2, 0.25) is 0 Å². The maximum atomic E-state index is 14.1. The summed E-state index contributed by atoms with van der Waals surface area (Å²) in [4.78, 5) is 27.6. The SMILES string of the molecule is COc1cc(C#N)cc(-c2ccccc2)c1C(=O)N1C(C(=O)O)CCC1c1ccccc1Cl. The zero-order chi connectivity index (χ0) is 23.5. The lowest BCUT2D eigenvalue weighted by molar-refractivity contribution is -0.141. The molecule has 0 radical (unpaired) electrons. The van der Waals surface area contributed by atoms with Gasteiger partial charge >= 0.3 is 5.97 Å². The van der Waals surface area contributed by atoms with Crippen LogP contribution in [0, 0.1) is 11.3 Å². The number of carboxylic acid groups (broad SMARTS) is 1. The summed E-state index contributed by atoms with van der Waals surface area (Å²) in [5.74, 6) is -1.34. The van der Waals surface area contributed by atoms with Crippen LogP contribution < -0.4 is 4.74 Å². The van der Waals surface area contributed by atoms with Gasteiger partial charge in [0.15, 0.2) is 0 Å². The lowest BCUT2D eigenvalue weighted by atomic mass is 9.94. The Morgan fingerprint density at radius 3 is 2.42 bits per heavy atom. The van der Waals surface area contributed by atoms with Crippen LogP contribution in [-0.4, -0.2) is 35.0 Å².